The molecule has 20 heavy (non-hydrogen) atoms. The monoisotopic (exact) mass is 281 g/mol. The molecule has 2 rings (SSSR count). The third-order valence-electron chi connectivity index (χ3n) is 3.98. The number of methoxy groups -OCH3 is 1. The van der Waals surface area contributed by atoms with Crippen molar-refractivity contribution in [3.63, 3.8) is 0 Å². The average Bonchev–Trinajstić information content (AvgIpc) is 2.60. The van der Waals surface area contributed by atoms with Gasteiger partial charge in [0.15, 0.2) is 11.6 Å². The molecule has 0 aliphatic carbocycles. The van der Waals surface area contributed by atoms with E-state index in [1.807, 2.05) is 0 Å². The van der Waals surface area contributed by atoms with Crippen LogP contribution in [-0.2, 0) is 0 Å². The summed E-state index contributed by atoms with van der Waals surface area (Å²) in [5.74, 6) is -0.157. The number of nitrogens with two attached hydrogens (primary N) is 1. The maximum absolute atomic E-state index is 13.7. The van der Waals surface area contributed by atoms with Gasteiger partial charge in [-0.1, -0.05) is 6.92 Å². The van der Waals surface area contributed by atoms with Crippen LogP contribution in [0.25, 0.3) is 0 Å². The summed E-state index contributed by atoms with van der Waals surface area (Å²) in [6.45, 7) is 5.18. The molecule has 1 aromatic rings. The van der Waals surface area contributed by atoms with Crippen LogP contribution >= 0.6 is 0 Å². The smallest absolute Gasteiger partial charge is 0.167 e. The van der Waals surface area contributed by atoms with Gasteiger partial charge in [0.25, 0.3) is 0 Å². The molecule has 0 amide bonds. The summed E-state index contributed by atoms with van der Waals surface area (Å²) >= 11 is 0. The summed E-state index contributed by atoms with van der Waals surface area (Å²) in [5, 5.41) is 0. The number of hydrogen-bond donors (Lipinski definition) is 1. The van der Waals surface area contributed by atoms with Gasteiger partial charge < -0.3 is 20.3 Å². The van der Waals surface area contributed by atoms with E-state index < -0.39 is 5.82 Å². The fourth-order valence-electron chi connectivity index (χ4n) is 2.87. The Hall–Kier alpha value is -1.49. The van der Waals surface area contributed by atoms with Crippen molar-refractivity contribution >= 4 is 11.4 Å². The number of anilines is 2. The van der Waals surface area contributed by atoms with Crippen LogP contribution in [0.1, 0.15) is 19.8 Å². The molecule has 1 heterocycles. The van der Waals surface area contributed by atoms with Gasteiger partial charge in [0, 0.05) is 31.3 Å². The minimum atomic E-state index is -0.409. The maximum Gasteiger partial charge on any atom is 0.167 e. The van der Waals surface area contributed by atoms with Gasteiger partial charge in [-0.2, -0.15) is 0 Å². The van der Waals surface area contributed by atoms with Gasteiger partial charge in [-0.25, -0.2) is 4.39 Å². The number of halogens is 1. The minimum absolute atomic E-state index is 0.252. The predicted octanol–water partition coefficient (Wildman–Crippen LogP) is 2.34. The predicted molar refractivity (Wildman–Crippen MR) is 80.9 cm³/mol. The third kappa shape index (κ3) is 2.98. The second kappa shape index (κ2) is 6.31. The fourth-order valence-corrected chi connectivity index (χ4v) is 2.87. The maximum atomic E-state index is 13.7. The highest BCUT2D eigenvalue weighted by molar-refractivity contribution is 5.70. The van der Waals surface area contributed by atoms with Crippen molar-refractivity contribution < 1.29 is 9.13 Å². The summed E-state index contributed by atoms with van der Waals surface area (Å²) in [5.41, 5.74) is 7.39. The SMILES string of the molecule is CCC1CN(C)CCCN1c1cc(OC)c(F)cc1N. The highest BCUT2D eigenvalue weighted by Crippen LogP contribution is 2.33. The quantitative estimate of drug-likeness (QED) is 0.864. The molecule has 2 N–H and O–H groups in total. The number of nitrogen functional groups attached to an aromatic ring is 1. The molecule has 1 aliphatic rings. The number of benzene rings is 1. The number of likely N-dealkylation sites (N-methyl/N-ethyl adjacent to an activating group) is 1. The molecular formula is C15H24FN3O. The lowest BCUT2D eigenvalue weighted by Crippen LogP contribution is -2.40. The van der Waals surface area contributed by atoms with Gasteiger partial charge in [-0.05, 0) is 26.4 Å². The lowest BCUT2D eigenvalue weighted by atomic mass is 10.1. The van der Waals surface area contributed by atoms with Crippen molar-refractivity contribution in [3.8, 4) is 5.75 Å². The van der Waals surface area contributed by atoms with Crippen molar-refractivity contribution in [3.05, 3.63) is 17.9 Å². The second-order valence-corrected chi connectivity index (χ2v) is 5.42. The van der Waals surface area contributed by atoms with E-state index in [0.29, 0.717) is 11.7 Å². The first-order chi connectivity index (χ1) is 9.56. The Morgan fingerprint density at radius 3 is 2.80 bits per heavy atom. The van der Waals surface area contributed by atoms with Crippen LogP contribution in [-0.4, -0.2) is 44.7 Å². The summed E-state index contributed by atoms with van der Waals surface area (Å²) in [4.78, 5) is 4.63. The van der Waals surface area contributed by atoms with Gasteiger partial charge in [0.1, 0.15) is 0 Å². The van der Waals surface area contributed by atoms with E-state index in [-0.39, 0.29) is 5.75 Å². The molecule has 0 spiro atoms. The Labute approximate surface area is 120 Å². The van der Waals surface area contributed by atoms with E-state index in [2.05, 4.69) is 23.8 Å². The lowest BCUT2D eigenvalue weighted by Gasteiger charge is -2.33. The molecule has 0 saturated carbocycles. The summed E-state index contributed by atoms with van der Waals surface area (Å²) in [6.07, 6.45) is 2.11. The average molecular weight is 281 g/mol. The second-order valence-electron chi connectivity index (χ2n) is 5.42. The molecule has 4 nitrogen and oxygen atoms in total. The Balaban J connectivity index is 2.37. The van der Waals surface area contributed by atoms with E-state index in [9.17, 15) is 4.39 Å². The van der Waals surface area contributed by atoms with Crippen LogP contribution in [0.3, 0.4) is 0 Å². The zero-order valence-electron chi connectivity index (χ0n) is 12.5. The number of nitrogens with zero attached hydrogens (tertiary/aromatic N) is 2. The third-order valence-corrected chi connectivity index (χ3v) is 3.98. The number of rotatable bonds is 3. The van der Waals surface area contributed by atoms with E-state index in [1.165, 1.54) is 13.2 Å². The van der Waals surface area contributed by atoms with Crippen molar-refractivity contribution in [1.82, 2.24) is 4.90 Å². The summed E-state index contributed by atoms with van der Waals surface area (Å²) in [6, 6.07) is 3.47. The molecule has 1 unspecified atom stereocenters. The summed E-state index contributed by atoms with van der Waals surface area (Å²) < 4.78 is 18.8. The molecule has 1 aromatic carbocycles. The molecular weight excluding hydrogens is 257 g/mol. The van der Waals surface area contributed by atoms with E-state index in [4.69, 9.17) is 10.5 Å². The molecule has 0 radical (unpaired) electrons. The van der Waals surface area contributed by atoms with Crippen molar-refractivity contribution in [1.29, 1.82) is 0 Å². The topological polar surface area (TPSA) is 41.7 Å². The molecule has 1 atom stereocenters. The zero-order valence-corrected chi connectivity index (χ0v) is 12.5. The molecule has 1 saturated heterocycles. The largest absolute Gasteiger partial charge is 0.494 e. The molecule has 0 aromatic heterocycles. The van der Waals surface area contributed by atoms with Gasteiger partial charge >= 0.3 is 0 Å². The molecule has 1 aliphatic heterocycles. The van der Waals surface area contributed by atoms with Crippen LogP contribution in [0, 0.1) is 5.82 Å². The van der Waals surface area contributed by atoms with Crippen LogP contribution in [0.15, 0.2) is 12.1 Å². The minimum Gasteiger partial charge on any atom is -0.494 e. The number of ether oxygens (including phenoxy) is 1. The molecule has 1 fully saturated rings. The van der Waals surface area contributed by atoms with Crippen molar-refractivity contribution in [2.45, 2.75) is 25.8 Å². The van der Waals surface area contributed by atoms with Crippen LogP contribution < -0.4 is 15.4 Å². The fraction of sp³-hybridized carbons (Fsp3) is 0.600. The highest BCUT2D eigenvalue weighted by Gasteiger charge is 2.24. The van der Waals surface area contributed by atoms with Crippen LogP contribution in [0.5, 0.6) is 5.75 Å². The standard InChI is InChI=1S/C15H24FN3O/c1-4-11-10-18(2)6-5-7-19(11)14-9-15(20-3)12(16)8-13(14)17/h8-9,11H,4-7,10,17H2,1-3H3. The Bertz CT molecular complexity index is 467. The summed E-state index contributed by atoms with van der Waals surface area (Å²) in [7, 11) is 3.62. The molecule has 5 heteroatoms. The molecule has 112 valence electrons. The Morgan fingerprint density at radius 1 is 1.40 bits per heavy atom. The van der Waals surface area contributed by atoms with Gasteiger partial charge in [0.2, 0.25) is 0 Å². The van der Waals surface area contributed by atoms with Gasteiger partial charge in [-0.15, -0.1) is 0 Å². The van der Waals surface area contributed by atoms with Crippen LogP contribution in [0.4, 0.5) is 15.8 Å². The van der Waals surface area contributed by atoms with E-state index >= 15 is 0 Å². The zero-order chi connectivity index (χ0) is 14.7. The Morgan fingerprint density at radius 2 is 2.15 bits per heavy atom. The first-order valence-electron chi connectivity index (χ1n) is 7.15. The number of hydrogen-bond acceptors (Lipinski definition) is 4. The molecule has 0 bridgehead atoms. The first-order valence-corrected chi connectivity index (χ1v) is 7.15. The lowest BCUT2D eigenvalue weighted by molar-refractivity contribution is 0.328. The van der Waals surface area contributed by atoms with Gasteiger partial charge in [0.05, 0.1) is 18.5 Å². The van der Waals surface area contributed by atoms with Gasteiger partial charge in [-0.3, -0.25) is 0 Å². The van der Waals surface area contributed by atoms with Crippen LogP contribution in [0.2, 0.25) is 0 Å². The van der Waals surface area contributed by atoms with Crippen molar-refractivity contribution in [2.24, 2.45) is 0 Å². The van der Waals surface area contributed by atoms with E-state index in [0.717, 1.165) is 38.2 Å². The highest BCUT2D eigenvalue weighted by atomic mass is 19.1. The van der Waals surface area contributed by atoms with Crippen molar-refractivity contribution in [2.75, 3.05) is 44.4 Å². The normalized spacial score (nSPS) is 20.8. The van der Waals surface area contributed by atoms with E-state index in [1.54, 1.807) is 6.07 Å². The first kappa shape index (κ1) is 14.9. The Kier molecular flexibility index (Phi) is 4.70.